The van der Waals surface area contributed by atoms with Crippen molar-refractivity contribution in [1.29, 1.82) is 0 Å². The highest BCUT2D eigenvalue weighted by molar-refractivity contribution is 5.80. The van der Waals surface area contributed by atoms with Gasteiger partial charge in [-0.3, -0.25) is 4.79 Å². The standard InChI is InChI=1S/C8H16N2O3/c1-6(11)9-5-7(12)13-10-8(2,3)4/h10H,5H2,1-4H3,(H,9,11). The molecule has 5 nitrogen and oxygen atoms in total. The van der Waals surface area contributed by atoms with E-state index in [2.05, 4.69) is 15.6 Å². The van der Waals surface area contributed by atoms with Gasteiger partial charge in [-0.2, -0.15) is 0 Å². The molecule has 0 aromatic rings. The van der Waals surface area contributed by atoms with Crippen molar-refractivity contribution < 1.29 is 14.4 Å². The third-order valence-corrected chi connectivity index (χ3v) is 0.953. The van der Waals surface area contributed by atoms with E-state index in [4.69, 9.17) is 0 Å². The van der Waals surface area contributed by atoms with Crippen LogP contribution in [0.1, 0.15) is 27.7 Å². The highest BCUT2D eigenvalue weighted by atomic mass is 16.7. The lowest BCUT2D eigenvalue weighted by Crippen LogP contribution is -2.40. The van der Waals surface area contributed by atoms with Crippen molar-refractivity contribution in [3.8, 4) is 0 Å². The van der Waals surface area contributed by atoms with Crippen LogP contribution < -0.4 is 10.8 Å². The summed E-state index contributed by atoms with van der Waals surface area (Å²) in [7, 11) is 0. The van der Waals surface area contributed by atoms with Gasteiger partial charge in [0.25, 0.3) is 0 Å². The molecule has 0 fully saturated rings. The van der Waals surface area contributed by atoms with Crippen molar-refractivity contribution in [3.63, 3.8) is 0 Å². The monoisotopic (exact) mass is 188 g/mol. The third kappa shape index (κ3) is 8.81. The van der Waals surface area contributed by atoms with Gasteiger partial charge >= 0.3 is 5.97 Å². The number of hydroxylamine groups is 1. The Morgan fingerprint density at radius 2 is 1.85 bits per heavy atom. The molecule has 0 spiro atoms. The van der Waals surface area contributed by atoms with E-state index >= 15 is 0 Å². The van der Waals surface area contributed by atoms with Crippen molar-refractivity contribution in [1.82, 2.24) is 10.8 Å². The topological polar surface area (TPSA) is 67.4 Å². The minimum atomic E-state index is -0.509. The lowest BCUT2D eigenvalue weighted by Gasteiger charge is -2.19. The van der Waals surface area contributed by atoms with Crippen molar-refractivity contribution >= 4 is 11.9 Å². The fraction of sp³-hybridized carbons (Fsp3) is 0.750. The molecule has 0 aliphatic heterocycles. The Hall–Kier alpha value is -1.10. The first kappa shape index (κ1) is 11.9. The molecule has 5 heteroatoms. The fourth-order valence-corrected chi connectivity index (χ4v) is 0.443. The first-order valence-corrected chi connectivity index (χ1v) is 4.02. The number of hydrogen-bond acceptors (Lipinski definition) is 4. The molecule has 0 aliphatic rings. The molecule has 1 amide bonds. The lowest BCUT2D eigenvalue weighted by molar-refractivity contribution is -0.154. The number of rotatable bonds is 3. The first-order valence-electron chi connectivity index (χ1n) is 4.02. The van der Waals surface area contributed by atoms with Crippen molar-refractivity contribution in [2.75, 3.05) is 6.54 Å². The molecule has 2 N–H and O–H groups in total. The van der Waals surface area contributed by atoms with E-state index in [1.54, 1.807) is 0 Å². The van der Waals surface area contributed by atoms with Crippen LogP contribution in [0.15, 0.2) is 0 Å². The first-order chi connectivity index (χ1) is 5.81. The molecule has 0 unspecified atom stereocenters. The Balaban J connectivity index is 3.58. The van der Waals surface area contributed by atoms with Gasteiger partial charge in [-0.05, 0) is 20.8 Å². The van der Waals surface area contributed by atoms with Gasteiger partial charge in [0.15, 0.2) is 0 Å². The molecule has 13 heavy (non-hydrogen) atoms. The number of nitrogens with one attached hydrogen (secondary N) is 2. The zero-order chi connectivity index (χ0) is 10.5. The second kappa shape index (κ2) is 4.81. The van der Waals surface area contributed by atoms with Crippen LogP contribution in [0.2, 0.25) is 0 Å². The number of carbonyl (C=O) groups excluding carboxylic acids is 2. The molecule has 0 aromatic heterocycles. The summed E-state index contributed by atoms with van der Waals surface area (Å²) in [4.78, 5) is 26.0. The molecule has 0 saturated heterocycles. The maximum absolute atomic E-state index is 10.9. The largest absolute Gasteiger partial charge is 0.369 e. The zero-order valence-corrected chi connectivity index (χ0v) is 8.43. The van der Waals surface area contributed by atoms with Gasteiger partial charge in [0.05, 0.1) is 0 Å². The highest BCUT2D eigenvalue weighted by Gasteiger charge is 2.12. The molecule has 0 radical (unpaired) electrons. The van der Waals surface area contributed by atoms with Gasteiger partial charge in [0.2, 0.25) is 5.91 Å². The van der Waals surface area contributed by atoms with Gasteiger partial charge in [-0.15, -0.1) is 5.48 Å². The molecular formula is C8H16N2O3. The Morgan fingerprint density at radius 3 is 2.23 bits per heavy atom. The molecule has 0 aliphatic carbocycles. The Bertz CT molecular complexity index is 196. The molecule has 0 heterocycles. The van der Waals surface area contributed by atoms with E-state index in [-0.39, 0.29) is 18.0 Å². The van der Waals surface area contributed by atoms with Crippen LogP contribution in [0.25, 0.3) is 0 Å². The minimum absolute atomic E-state index is 0.113. The number of amides is 1. The summed E-state index contributed by atoms with van der Waals surface area (Å²) in [5.74, 6) is -0.766. The van der Waals surface area contributed by atoms with Gasteiger partial charge in [-0.1, -0.05) is 0 Å². The van der Waals surface area contributed by atoms with Gasteiger partial charge in [0, 0.05) is 12.5 Å². The van der Waals surface area contributed by atoms with Crippen LogP contribution in [0.5, 0.6) is 0 Å². The third-order valence-electron chi connectivity index (χ3n) is 0.953. The molecule has 0 saturated carbocycles. The van der Waals surface area contributed by atoms with Crippen LogP contribution in [-0.4, -0.2) is 24.0 Å². The highest BCUT2D eigenvalue weighted by Crippen LogP contribution is 1.97. The van der Waals surface area contributed by atoms with Crippen molar-refractivity contribution in [2.45, 2.75) is 33.2 Å². The Labute approximate surface area is 77.8 Å². The van der Waals surface area contributed by atoms with E-state index in [9.17, 15) is 9.59 Å². The van der Waals surface area contributed by atoms with Crippen LogP contribution in [0.4, 0.5) is 0 Å². The number of hydrogen-bond donors (Lipinski definition) is 2. The molecule has 0 aromatic carbocycles. The van der Waals surface area contributed by atoms with E-state index in [1.807, 2.05) is 20.8 Å². The normalized spacial score (nSPS) is 10.8. The maximum atomic E-state index is 10.9. The Kier molecular flexibility index (Phi) is 4.40. The zero-order valence-electron chi connectivity index (χ0n) is 8.43. The summed E-state index contributed by atoms with van der Waals surface area (Å²) in [5.41, 5.74) is 2.26. The van der Waals surface area contributed by atoms with E-state index < -0.39 is 5.97 Å². The second-order valence-electron chi connectivity index (χ2n) is 3.74. The summed E-state index contributed by atoms with van der Waals surface area (Å²) in [6.45, 7) is 6.80. The average Bonchev–Trinajstić information content (AvgIpc) is 1.95. The average molecular weight is 188 g/mol. The summed E-state index contributed by atoms with van der Waals surface area (Å²) in [6, 6.07) is 0. The second-order valence-corrected chi connectivity index (χ2v) is 3.74. The van der Waals surface area contributed by atoms with Crippen molar-refractivity contribution in [2.24, 2.45) is 0 Å². The molecule has 0 atom stereocenters. The summed E-state index contributed by atoms with van der Waals surface area (Å²) >= 11 is 0. The van der Waals surface area contributed by atoms with E-state index in [1.165, 1.54) is 6.92 Å². The predicted molar refractivity (Wildman–Crippen MR) is 47.7 cm³/mol. The van der Waals surface area contributed by atoms with E-state index in [0.29, 0.717) is 0 Å². The molecular weight excluding hydrogens is 172 g/mol. The SMILES string of the molecule is CC(=O)NCC(=O)ONC(C)(C)C. The van der Waals surface area contributed by atoms with Crippen LogP contribution in [-0.2, 0) is 14.4 Å². The van der Waals surface area contributed by atoms with Crippen LogP contribution in [0, 0.1) is 0 Å². The van der Waals surface area contributed by atoms with Crippen molar-refractivity contribution in [3.05, 3.63) is 0 Å². The van der Waals surface area contributed by atoms with Gasteiger partial charge in [0.1, 0.15) is 6.54 Å². The summed E-state index contributed by atoms with van der Waals surface area (Å²) in [6.07, 6.45) is 0. The summed E-state index contributed by atoms with van der Waals surface area (Å²) < 4.78 is 0. The minimum Gasteiger partial charge on any atom is -0.369 e. The van der Waals surface area contributed by atoms with Gasteiger partial charge < -0.3 is 10.2 Å². The summed E-state index contributed by atoms with van der Waals surface area (Å²) in [5, 5.41) is 2.33. The smallest absolute Gasteiger partial charge is 0.344 e. The van der Waals surface area contributed by atoms with Crippen LogP contribution in [0.3, 0.4) is 0 Å². The Morgan fingerprint density at radius 1 is 1.31 bits per heavy atom. The quantitative estimate of drug-likeness (QED) is 0.610. The lowest BCUT2D eigenvalue weighted by atomic mass is 10.1. The fourth-order valence-electron chi connectivity index (χ4n) is 0.443. The maximum Gasteiger partial charge on any atom is 0.344 e. The van der Waals surface area contributed by atoms with E-state index in [0.717, 1.165) is 0 Å². The molecule has 76 valence electrons. The number of carbonyl (C=O) groups is 2. The molecule has 0 rings (SSSR count). The van der Waals surface area contributed by atoms with Gasteiger partial charge in [-0.25, -0.2) is 4.79 Å². The van der Waals surface area contributed by atoms with Crippen LogP contribution >= 0.6 is 0 Å². The predicted octanol–water partition coefficient (Wildman–Crippen LogP) is -0.0312. The molecule has 0 bridgehead atoms.